The predicted octanol–water partition coefficient (Wildman–Crippen LogP) is 3.03. The Morgan fingerprint density at radius 2 is 1.87 bits per heavy atom. The molecule has 23 heavy (non-hydrogen) atoms. The van der Waals surface area contributed by atoms with Crippen LogP contribution >= 0.6 is 11.6 Å². The van der Waals surface area contributed by atoms with E-state index in [-0.39, 0.29) is 24.0 Å². The topological polar surface area (TPSA) is 75.6 Å². The van der Waals surface area contributed by atoms with Gasteiger partial charge in [-0.3, -0.25) is 9.59 Å². The van der Waals surface area contributed by atoms with Crippen LogP contribution in [0.25, 0.3) is 0 Å². The lowest BCUT2D eigenvalue weighted by Gasteiger charge is -2.25. The molecule has 4 atom stereocenters. The third-order valence-corrected chi connectivity index (χ3v) is 4.68. The van der Waals surface area contributed by atoms with Gasteiger partial charge in [0, 0.05) is 18.1 Å². The fourth-order valence-corrected chi connectivity index (χ4v) is 3.27. The van der Waals surface area contributed by atoms with Crippen LogP contribution in [-0.4, -0.2) is 30.1 Å². The Morgan fingerprint density at radius 1 is 1.26 bits per heavy atom. The molecule has 2 unspecified atom stereocenters. The molecule has 1 aliphatic carbocycles. The van der Waals surface area contributed by atoms with E-state index in [4.69, 9.17) is 21.4 Å². The highest BCUT2D eigenvalue weighted by Gasteiger charge is 2.34. The number of hydrogen-bond donors (Lipinski definition) is 2. The molecule has 0 radical (unpaired) electrons. The summed E-state index contributed by atoms with van der Waals surface area (Å²) in [5.74, 6) is -1.56. The molecule has 0 aliphatic heterocycles. The molecule has 1 aromatic carbocycles. The number of rotatable bonds is 6. The van der Waals surface area contributed by atoms with Crippen LogP contribution in [-0.2, 0) is 14.3 Å². The van der Waals surface area contributed by atoms with Crippen LogP contribution in [0.5, 0.6) is 0 Å². The zero-order valence-corrected chi connectivity index (χ0v) is 14.0. The van der Waals surface area contributed by atoms with E-state index in [0.29, 0.717) is 24.3 Å². The lowest BCUT2D eigenvalue weighted by atomic mass is 10.0. The molecule has 0 heterocycles. The van der Waals surface area contributed by atoms with Crippen molar-refractivity contribution in [2.45, 2.75) is 38.3 Å². The number of benzene rings is 1. The second kappa shape index (κ2) is 7.79. The molecule has 126 valence electrons. The van der Waals surface area contributed by atoms with Gasteiger partial charge in [0.25, 0.3) is 0 Å². The number of carboxylic acid groups (broad SMARTS) is 1. The van der Waals surface area contributed by atoms with Gasteiger partial charge in [0.05, 0.1) is 12.0 Å². The van der Waals surface area contributed by atoms with E-state index >= 15 is 0 Å². The maximum Gasteiger partial charge on any atom is 0.306 e. The Hall–Kier alpha value is -1.59. The average molecular weight is 340 g/mol. The summed E-state index contributed by atoms with van der Waals surface area (Å²) in [7, 11) is 1.60. The highest BCUT2D eigenvalue weighted by Crippen LogP contribution is 2.31. The standard InChI is InChI=1S/C17H22ClNO4/c1-10(15(23-2)11-5-7-14(18)8-6-11)19-16(20)12-3-4-13(9-12)17(21)22/h5-8,10,12-13,15H,3-4,9H2,1-2H3,(H,19,20)(H,21,22)/t10?,12-,13+,15?/m1/s1. The van der Waals surface area contributed by atoms with Crippen LogP contribution in [0, 0.1) is 11.8 Å². The van der Waals surface area contributed by atoms with Crippen molar-refractivity contribution >= 4 is 23.5 Å². The molecule has 2 rings (SSSR count). The van der Waals surface area contributed by atoms with Crippen molar-refractivity contribution in [3.05, 3.63) is 34.9 Å². The summed E-state index contributed by atoms with van der Waals surface area (Å²) in [6.45, 7) is 1.88. The summed E-state index contributed by atoms with van der Waals surface area (Å²) in [5, 5.41) is 12.6. The molecule has 1 saturated carbocycles. The molecule has 0 saturated heterocycles. The molecule has 6 heteroatoms. The Labute approximate surface area is 141 Å². The monoisotopic (exact) mass is 339 g/mol. The lowest BCUT2D eigenvalue weighted by Crippen LogP contribution is -2.40. The van der Waals surface area contributed by atoms with Crippen LogP contribution < -0.4 is 5.32 Å². The summed E-state index contributed by atoms with van der Waals surface area (Å²) in [5.41, 5.74) is 0.930. The second-order valence-corrected chi connectivity index (χ2v) is 6.49. The number of carbonyl (C=O) groups excluding carboxylic acids is 1. The Balaban J connectivity index is 1.96. The second-order valence-electron chi connectivity index (χ2n) is 6.05. The van der Waals surface area contributed by atoms with Gasteiger partial charge in [0.15, 0.2) is 0 Å². The van der Waals surface area contributed by atoms with Gasteiger partial charge < -0.3 is 15.2 Å². The van der Waals surface area contributed by atoms with Crippen molar-refractivity contribution < 1.29 is 19.4 Å². The van der Waals surface area contributed by atoms with E-state index in [1.165, 1.54) is 0 Å². The third kappa shape index (κ3) is 4.45. The largest absolute Gasteiger partial charge is 0.481 e. The Kier molecular flexibility index (Phi) is 6.02. The van der Waals surface area contributed by atoms with E-state index in [2.05, 4.69) is 5.32 Å². The van der Waals surface area contributed by atoms with Crippen molar-refractivity contribution in [2.75, 3.05) is 7.11 Å². The number of nitrogens with one attached hydrogen (secondary N) is 1. The number of ether oxygens (including phenoxy) is 1. The maximum absolute atomic E-state index is 12.3. The molecule has 0 spiro atoms. The predicted molar refractivity (Wildman–Crippen MR) is 87.3 cm³/mol. The van der Waals surface area contributed by atoms with Gasteiger partial charge in [0.1, 0.15) is 6.10 Å². The molecular formula is C17H22ClNO4. The van der Waals surface area contributed by atoms with Crippen molar-refractivity contribution in [2.24, 2.45) is 11.8 Å². The molecule has 5 nitrogen and oxygen atoms in total. The minimum absolute atomic E-state index is 0.0998. The number of carbonyl (C=O) groups is 2. The van der Waals surface area contributed by atoms with E-state index in [1.54, 1.807) is 19.2 Å². The quantitative estimate of drug-likeness (QED) is 0.835. The van der Waals surface area contributed by atoms with Crippen LogP contribution in [0.15, 0.2) is 24.3 Å². The molecule has 2 N–H and O–H groups in total. The van der Waals surface area contributed by atoms with Gasteiger partial charge >= 0.3 is 5.97 Å². The zero-order chi connectivity index (χ0) is 17.0. The van der Waals surface area contributed by atoms with Gasteiger partial charge in [-0.25, -0.2) is 0 Å². The molecule has 1 fully saturated rings. The third-order valence-electron chi connectivity index (χ3n) is 4.43. The van der Waals surface area contributed by atoms with Crippen molar-refractivity contribution in [1.82, 2.24) is 5.32 Å². The molecule has 1 amide bonds. The van der Waals surface area contributed by atoms with E-state index < -0.39 is 11.9 Å². The van der Waals surface area contributed by atoms with Crippen LogP contribution in [0.3, 0.4) is 0 Å². The Morgan fingerprint density at radius 3 is 2.39 bits per heavy atom. The fourth-order valence-electron chi connectivity index (χ4n) is 3.14. The highest BCUT2D eigenvalue weighted by molar-refractivity contribution is 6.30. The number of halogens is 1. The SMILES string of the molecule is COC(c1ccc(Cl)cc1)C(C)NC(=O)[C@@H]1CC[C@H](C(=O)O)C1. The van der Waals surface area contributed by atoms with Crippen molar-refractivity contribution in [3.63, 3.8) is 0 Å². The first-order chi connectivity index (χ1) is 10.9. The van der Waals surface area contributed by atoms with Gasteiger partial charge in [-0.05, 0) is 43.9 Å². The first kappa shape index (κ1) is 17.8. The number of hydrogen-bond acceptors (Lipinski definition) is 3. The number of amides is 1. The summed E-state index contributed by atoms with van der Waals surface area (Å²) >= 11 is 5.89. The lowest BCUT2D eigenvalue weighted by molar-refractivity contribution is -0.141. The first-order valence-corrected chi connectivity index (χ1v) is 8.11. The normalized spacial score (nSPS) is 23.3. The van der Waals surface area contributed by atoms with E-state index in [9.17, 15) is 9.59 Å². The molecule has 1 aromatic rings. The van der Waals surface area contributed by atoms with Crippen molar-refractivity contribution in [3.8, 4) is 0 Å². The van der Waals surface area contributed by atoms with Crippen molar-refractivity contribution in [1.29, 1.82) is 0 Å². The van der Waals surface area contributed by atoms with Crippen LogP contribution in [0.4, 0.5) is 0 Å². The van der Waals surface area contributed by atoms with Gasteiger partial charge in [-0.1, -0.05) is 23.7 Å². The molecule has 0 bridgehead atoms. The summed E-state index contributed by atoms with van der Waals surface area (Å²) < 4.78 is 5.51. The number of aliphatic carboxylic acids is 1. The minimum Gasteiger partial charge on any atom is -0.481 e. The maximum atomic E-state index is 12.3. The van der Waals surface area contributed by atoms with E-state index in [0.717, 1.165) is 5.56 Å². The summed E-state index contributed by atoms with van der Waals surface area (Å²) in [4.78, 5) is 23.3. The molecular weight excluding hydrogens is 318 g/mol. The van der Waals surface area contributed by atoms with Gasteiger partial charge in [-0.2, -0.15) is 0 Å². The summed E-state index contributed by atoms with van der Waals surface area (Å²) in [6, 6.07) is 7.08. The van der Waals surface area contributed by atoms with E-state index in [1.807, 2.05) is 19.1 Å². The van der Waals surface area contributed by atoms with Crippen LogP contribution in [0.1, 0.15) is 37.9 Å². The van der Waals surface area contributed by atoms with Gasteiger partial charge in [0.2, 0.25) is 5.91 Å². The molecule has 0 aromatic heterocycles. The van der Waals surface area contributed by atoms with Crippen LogP contribution in [0.2, 0.25) is 5.02 Å². The average Bonchev–Trinajstić information content (AvgIpc) is 3.00. The van der Waals surface area contributed by atoms with Gasteiger partial charge in [-0.15, -0.1) is 0 Å². The summed E-state index contributed by atoms with van der Waals surface area (Å²) in [6.07, 6.45) is 1.31. The number of carboxylic acids is 1. The zero-order valence-electron chi connectivity index (χ0n) is 13.3. The number of methoxy groups -OCH3 is 1. The smallest absolute Gasteiger partial charge is 0.306 e. The first-order valence-electron chi connectivity index (χ1n) is 7.73. The Bertz CT molecular complexity index is 560. The highest BCUT2D eigenvalue weighted by atomic mass is 35.5. The molecule has 1 aliphatic rings. The minimum atomic E-state index is -0.815. The fraction of sp³-hybridized carbons (Fsp3) is 0.529.